The predicted octanol–water partition coefficient (Wildman–Crippen LogP) is 7.29. The number of carbonyl (C=O) groups is 1. The van der Waals surface area contributed by atoms with Crippen LogP contribution in [0, 0.1) is 25.2 Å². The second-order valence-corrected chi connectivity index (χ2v) is 9.33. The standard InChI is InChI=1S/C28H22ClN3OS/c1-18-6-8-20(9-7-18)24-15-26(21-10-12-22(29)13-11-21)32-28(25(24)16-30)34-17-27(33)31-23-5-3-4-19(2)14-23/h3-15H,17H2,1-2H3,(H,31,33). The number of aryl methyl sites for hydroxylation is 2. The van der Waals surface area contributed by atoms with Gasteiger partial charge in [-0.25, -0.2) is 4.98 Å². The SMILES string of the molecule is Cc1ccc(-c2cc(-c3ccc(Cl)cc3)nc(SCC(=O)Nc3cccc(C)c3)c2C#N)cc1. The molecule has 1 heterocycles. The van der Waals surface area contributed by atoms with Crippen molar-refractivity contribution in [1.82, 2.24) is 4.98 Å². The number of pyridine rings is 1. The lowest BCUT2D eigenvalue weighted by Crippen LogP contribution is -2.14. The second-order valence-electron chi connectivity index (χ2n) is 7.93. The summed E-state index contributed by atoms with van der Waals surface area (Å²) in [6, 6.07) is 27.3. The Labute approximate surface area is 208 Å². The van der Waals surface area contributed by atoms with E-state index >= 15 is 0 Å². The second kappa shape index (κ2) is 10.6. The Balaban J connectivity index is 1.69. The number of amides is 1. The Bertz CT molecular complexity index is 1380. The van der Waals surface area contributed by atoms with Crippen LogP contribution in [0.4, 0.5) is 5.69 Å². The molecule has 0 fully saturated rings. The number of nitrogens with one attached hydrogen (secondary N) is 1. The average Bonchev–Trinajstić information content (AvgIpc) is 2.83. The number of hydrogen-bond acceptors (Lipinski definition) is 4. The molecule has 34 heavy (non-hydrogen) atoms. The minimum atomic E-state index is -0.157. The van der Waals surface area contributed by atoms with Crippen LogP contribution in [-0.2, 0) is 4.79 Å². The van der Waals surface area contributed by atoms with Gasteiger partial charge in [-0.3, -0.25) is 4.79 Å². The van der Waals surface area contributed by atoms with E-state index in [0.29, 0.717) is 21.3 Å². The number of hydrogen-bond donors (Lipinski definition) is 1. The summed E-state index contributed by atoms with van der Waals surface area (Å²) in [7, 11) is 0. The fourth-order valence-corrected chi connectivity index (χ4v) is 4.45. The number of halogens is 1. The molecule has 0 radical (unpaired) electrons. The molecule has 4 rings (SSSR count). The third-order valence-corrected chi connectivity index (χ3v) is 6.47. The fourth-order valence-electron chi connectivity index (χ4n) is 3.52. The van der Waals surface area contributed by atoms with Crippen LogP contribution in [0.1, 0.15) is 16.7 Å². The number of benzene rings is 3. The van der Waals surface area contributed by atoms with Crippen LogP contribution < -0.4 is 5.32 Å². The largest absolute Gasteiger partial charge is 0.325 e. The van der Waals surface area contributed by atoms with Gasteiger partial charge in [-0.05, 0) is 55.3 Å². The molecule has 0 aliphatic rings. The number of rotatable bonds is 6. The molecule has 0 saturated carbocycles. The minimum Gasteiger partial charge on any atom is -0.325 e. The van der Waals surface area contributed by atoms with Gasteiger partial charge in [0.2, 0.25) is 5.91 Å². The van der Waals surface area contributed by atoms with Crippen LogP contribution >= 0.6 is 23.4 Å². The van der Waals surface area contributed by atoms with Crippen LogP contribution in [-0.4, -0.2) is 16.6 Å². The lowest BCUT2D eigenvalue weighted by atomic mass is 9.98. The molecule has 0 bridgehead atoms. The van der Waals surface area contributed by atoms with Gasteiger partial charge in [0.05, 0.1) is 17.0 Å². The molecule has 0 unspecified atom stereocenters. The van der Waals surface area contributed by atoms with Crippen molar-refractivity contribution in [3.8, 4) is 28.5 Å². The molecule has 6 heteroatoms. The number of thioether (sulfide) groups is 1. The Morgan fingerprint density at radius 3 is 2.35 bits per heavy atom. The summed E-state index contributed by atoms with van der Waals surface area (Å²) in [5.41, 5.74) is 6.70. The third-order valence-electron chi connectivity index (χ3n) is 5.24. The molecule has 0 aliphatic carbocycles. The molecular weight excluding hydrogens is 462 g/mol. The first-order chi connectivity index (χ1) is 16.4. The average molecular weight is 484 g/mol. The van der Waals surface area contributed by atoms with Crippen LogP contribution in [0.2, 0.25) is 5.02 Å². The first-order valence-electron chi connectivity index (χ1n) is 10.7. The van der Waals surface area contributed by atoms with Gasteiger partial charge in [0.1, 0.15) is 11.1 Å². The molecule has 1 amide bonds. The highest BCUT2D eigenvalue weighted by Gasteiger charge is 2.17. The number of nitriles is 1. The fraction of sp³-hybridized carbons (Fsp3) is 0.107. The van der Waals surface area contributed by atoms with Gasteiger partial charge in [-0.2, -0.15) is 5.26 Å². The molecule has 4 nitrogen and oxygen atoms in total. The summed E-state index contributed by atoms with van der Waals surface area (Å²) >= 11 is 7.32. The molecule has 3 aromatic carbocycles. The van der Waals surface area contributed by atoms with Crippen molar-refractivity contribution in [2.24, 2.45) is 0 Å². The molecule has 0 spiro atoms. The van der Waals surface area contributed by atoms with Crippen molar-refractivity contribution < 1.29 is 4.79 Å². The summed E-state index contributed by atoms with van der Waals surface area (Å²) < 4.78 is 0. The lowest BCUT2D eigenvalue weighted by Gasteiger charge is -2.13. The summed E-state index contributed by atoms with van der Waals surface area (Å²) in [5.74, 6) is -0.0254. The maximum absolute atomic E-state index is 12.6. The van der Waals surface area contributed by atoms with Gasteiger partial charge in [0, 0.05) is 21.8 Å². The predicted molar refractivity (Wildman–Crippen MR) is 140 cm³/mol. The molecule has 4 aromatic rings. The van der Waals surface area contributed by atoms with Crippen molar-refractivity contribution >= 4 is 35.0 Å². The maximum Gasteiger partial charge on any atom is 0.234 e. The monoisotopic (exact) mass is 483 g/mol. The van der Waals surface area contributed by atoms with Crippen molar-refractivity contribution in [2.45, 2.75) is 18.9 Å². The smallest absolute Gasteiger partial charge is 0.234 e. The third kappa shape index (κ3) is 5.66. The van der Waals surface area contributed by atoms with Gasteiger partial charge in [-0.1, -0.05) is 77.5 Å². The topological polar surface area (TPSA) is 65.8 Å². The van der Waals surface area contributed by atoms with Gasteiger partial charge < -0.3 is 5.32 Å². The zero-order chi connectivity index (χ0) is 24.1. The highest BCUT2D eigenvalue weighted by atomic mass is 35.5. The molecule has 168 valence electrons. The van der Waals surface area contributed by atoms with E-state index in [1.165, 1.54) is 11.8 Å². The number of anilines is 1. The highest BCUT2D eigenvalue weighted by molar-refractivity contribution is 8.00. The van der Waals surface area contributed by atoms with E-state index in [2.05, 4.69) is 11.4 Å². The summed E-state index contributed by atoms with van der Waals surface area (Å²) in [6.45, 7) is 4.00. The lowest BCUT2D eigenvalue weighted by molar-refractivity contribution is -0.113. The Kier molecular flexibility index (Phi) is 7.32. The van der Waals surface area contributed by atoms with Crippen molar-refractivity contribution in [1.29, 1.82) is 5.26 Å². The first-order valence-corrected chi connectivity index (χ1v) is 12.1. The normalized spacial score (nSPS) is 10.5. The van der Waals surface area contributed by atoms with Gasteiger partial charge in [-0.15, -0.1) is 0 Å². The maximum atomic E-state index is 12.6. The van der Waals surface area contributed by atoms with E-state index < -0.39 is 0 Å². The molecule has 0 atom stereocenters. The van der Waals surface area contributed by atoms with Crippen LogP contribution in [0.15, 0.2) is 83.9 Å². The Hall–Kier alpha value is -3.59. The van der Waals surface area contributed by atoms with Gasteiger partial charge in [0.15, 0.2) is 0 Å². The zero-order valence-corrected chi connectivity index (χ0v) is 20.4. The minimum absolute atomic E-state index is 0.132. The van der Waals surface area contributed by atoms with Crippen LogP contribution in [0.25, 0.3) is 22.4 Å². The summed E-state index contributed by atoms with van der Waals surface area (Å²) in [6.07, 6.45) is 0. The highest BCUT2D eigenvalue weighted by Crippen LogP contribution is 2.34. The van der Waals surface area contributed by atoms with Crippen molar-refractivity contribution in [3.63, 3.8) is 0 Å². The van der Waals surface area contributed by atoms with Crippen LogP contribution in [0.3, 0.4) is 0 Å². The van der Waals surface area contributed by atoms with Crippen LogP contribution in [0.5, 0.6) is 0 Å². The van der Waals surface area contributed by atoms with Gasteiger partial charge in [0.25, 0.3) is 0 Å². The van der Waals surface area contributed by atoms with E-state index in [1.54, 1.807) is 0 Å². The quantitative estimate of drug-likeness (QED) is 0.292. The number of carbonyl (C=O) groups excluding carboxylic acids is 1. The first kappa shape index (κ1) is 23.6. The number of nitrogens with zero attached hydrogens (tertiary/aromatic N) is 2. The van der Waals surface area contributed by atoms with Gasteiger partial charge >= 0.3 is 0 Å². The van der Waals surface area contributed by atoms with E-state index in [-0.39, 0.29) is 11.7 Å². The zero-order valence-electron chi connectivity index (χ0n) is 18.8. The van der Waals surface area contributed by atoms with Crippen molar-refractivity contribution in [3.05, 3.63) is 101 Å². The van der Waals surface area contributed by atoms with E-state index in [1.807, 2.05) is 92.7 Å². The summed E-state index contributed by atoms with van der Waals surface area (Å²) in [5, 5.41) is 14.1. The molecule has 0 aliphatic heterocycles. The molecular formula is C28H22ClN3OS. The van der Waals surface area contributed by atoms with E-state index in [9.17, 15) is 10.1 Å². The molecule has 1 N–H and O–H groups in total. The summed E-state index contributed by atoms with van der Waals surface area (Å²) in [4.78, 5) is 17.4. The Morgan fingerprint density at radius 1 is 0.971 bits per heavy atom. The molecule has 1 aromatic heterocycles. The van der Waals surface area contributed by atoms with E-state index in [0.717, 1.165) is 33.5 Å². The van der Waals surface area contributed by atoms with Crippen molar-refractivity contribution in [2.75, 3.05) is 11.1 Å². The van der Waals surface area contributed by atoms with E-state index in [4.69, 9.17) is 16.6 Å². The number of aromatic nitrogens is 1. The molecule has 0 saturated heterocycles. The Morgan fingerprint density at radius 2 is 1.68 bits per heavy atom.